The topological polar surface area (TPSA) is 0 Å². The number of halogens is 3. The summed E-state index contributed by atoms with van der Waals surface area (Å²) in [6.45, 7) is 4.41. The summed E-state index contributed by atoms with van der Waals surface area (Å²) in [5.41, 5.74) is 1.10. The van der Waals surface area contributed by atoms with Gasteiger partial charge in [-0.2, -0.15) is 0 Å². The second-order valence-corrected chi connectivity index (χ2v) is 5.66. The van der Waals surface area contributed by atoms with Crippen LogP contribution in [0.1, 0.15) is 25.8 Å². The largest absolute Gasteiger partial charge is 0.126 e. The minimum atomic E-state index is 0.470. The van der Waals surface area contributed by atoms with Crippen LogP contribution in [0, 0.1) is 11.8 Å². The quantitative estimate of drug-likeness (QED) is 0.630. The van der Waals surface area contributed by atoms with E-state index in [1.807, 2.05) is 18.2 Å². The van der Waals surface area contributed by atoms with Gasteiger partial charge in [-0.05, 0) is 36.3 Å². The highest BCUT2D eigenvalue weighted by Crippen LogP contribution is 2.29. The van der Waals surface area contributed by atoms with Gasteiger partial charge in [-0.25, -0.2) is 0 Å². The normalized spacial score (nSPS) is 13.1. The molecule has 0 radical (unpaired) electrons. The molecule has 0 amide bonds. The molecule has 0 saturated heterocycles. The fourth-order valence-corrected chi connectivity index (χ4v) is 2.52. The molecule has 1 atom stereocenters. The Kier molecular flexibility index (Phi) is 5.96. The fraction of sp³-hybridized carbons (Fsp3) is 0.538. The summed E-state index contributed by atoms with van der Waals surface area (Å²) in [5, 5.41) is 1.29. The zero-order chi connectivity index (χ0) is 12.1. The summed E-state index contributed by atoms with van der Waals surface area (Å²) in [7, 11) is 0. The molecule has 0 N–H and O–H groups in total. The third-order valence-electron chi connectivity index (χ3n) is 2.56. The van der Waals surface area contributed by atoms with Crippen molar-refractivity contribution < 1.29 is 0 Å². The molecule has 16 heavy (non-hydrogen) atoms. The van der Waals surface area contributed by atoms with Gasteiger partial charge in [-0.1, -0.05) is 49.2 Å². The minimum absolute atomic E-state index is 0.470. The second kappa shape index (κ2) is 6.74. The van der Waals surface area contributed by atoms with Crippen LogP contribution in [0.4, 0.5) is 0 Å². The minimum Gasteiger partial charge on any atom is -0.126 e. The van der Waals surface area contributed by atoms with Gasteiger partial charge in [0.1, 0.15) is 0 Å². The van der Waals surface area contributed by atoms with Crippen LogP contribution in [-0.2, 0) is 6.42 Å². The molecule has 1 unspecified atom stereocenters. The van der Waals surface area contributed by atoms with Crippen molar-refractivity contribution in [3.05, 3.63) is 33.8 Å². The van der Waals surface area contributed by atoms with E-state index >= 15 is 0 Å². The number of benzene rings is 1. The molecule has 0 aliphatic heterocycles. The van der Waals surface area contributed by atoms with Crippen molar-refractivity contribution in [3.8, 4) is 0 Å². The lowest BCUT2D eigenvalue weighted by atomic mass is 9.92. The van der Waals surface area contributed by atoms with Crippen molar-refractivity contribution in [3.63, 3.8) is 0 Å². The lowest BCUT2D eigenvalue weighted by Gasteiger charge is -2.17. The first kappa shape index (κ1) is 14.2. The maximum Gasteiger partial charge on any atom is 0.0624 e. The standard InChI is InChI=1S/C13H17Cl3/c1-9(2)6-10(8-14)7-11-4-3-5-12(15)13(11)16/h3-5,9-10H,6-8H2,1-2H3. The van der Waals surface area contributed by atoms with Crippen molar-refractivity contribution in [2.24, 2.45) is 11.8 Å². The third kappa shape index (κ3) is 4.16. The van der Waals surface area contributed by atoms with Gasteiger partial charge in [0.15, 0.2) is 0 Å². The third-order valence-corrected chi connectivity index (χ3v) is 3.86. The Hall–Kier alpha value is 0.0900. The fourth-order valence-electron chi connectivity index (χ4n) is 1.88. The first-order valence-electron chi connectivity index (χ1n) is 5.53. The van der Waals surface area contributed by atoms with Crippen LogP contribution in [0.15, 0.2) is 18.2 Å². The molecule has 1 aromatic rings. The molecule has 1 rings (SSSR count). The van der Waals surface area contributed by atoms with Crippen molar-refractivity contribution in [1.82, 2.24) is 0 Å². The number of alkyl halides is 1. The summed E-state index contributed by atoms with van der Waals surface area (Å²) in [6.07, 6.45) is 2.02. The maximum absolute atomic E-state index is 6.16. The van der Waals surface area contributed by atoms with E-state index in [0.29, 0.717) is 27.8 Å². The summed E-state index contributed by atoms with van der Waals surface area (Å²) in [6, 6.07) is 5.77. The zero-order valence-electron chi connectivity index (χ0n) is 9.64. The highest BCUT2D eigenvalue weighted by Gasteiger charge is 2.13. The van der Waals surface area contributed by atoms with E-state index in [2.05, 4.69) is 13.8 Å². The van der Waals surface area contributed by atoms with Crippen LogP contribution in [0.5, 0.6) is 0 Å². The van der Waals surface area contributed by atoms with Crippen LogP contribution >= 0.6 is 34.8 Å². The van der Waals surface area contributed by atoms with Gasteiger partial charge in [0, 0.05) is 5.88 Å². The molecule has 0 nitrogen and oxygen atoms in total. The lowest BCUT2D eigenvalue weighted by molar-refractivity contribution is 0.441. The zero-order valence-corrected chi connectivity index (χ0v) is 11.9. The SMILES string of the molecule is CC(C)CC(CCl)Cc1cccc(Cl)c1Cl. The molecular weight excluding hydrogens is 263 g/mol. The summed E-state index contributed by atoms with van der Waals surface area (Å²) < 4.78 is 0. The first-order valence-corrected chi connectivity index (χ1v) is 6.82. The number of hydrogen-bond acceptors (Lipinski definition) is 0. The van der Waals surface area contributed by atoms with E-state index in [1.54, 1.807) is 0 Å². The van der Waals surface area contributed by atoms with Gasteiger partial charge in [0.25, 0.3) is 0 Å². The Morgan fingerprint density at radius 1 is 1.19 bits per heavy atom. The van der Waals surface area contributed by atoms with Gasteiger partial charge in [-0.3, -0.25) is 0 Å². The molecule has 1 aromatic carbocycles. The summed E-state index contributed by atoms with van der Waals surface area (Å²) >= 11 is 18.1. The Morgan fingerprint density at radius 3 is 2.44 bits per heavy atom. The maximum atomic E-state index is 6.16. The van der Waals surface area contributed by atoms with Crippen LogP contribution in [0.2, 0.25) is 10.0 Å². The summed E-state index contributed by atoms with van der Waals surface area (Å²) in [5.74, 6) is 1.79. The molecule has 3 heteroatoms. The molecule has 0 bridgehead atoms. The molecule has 90 valence electrons. The Bertz CT molecular complexity index is 334. The Balaban J connectivity index is 2.74. The lowest BCUT2D eigenvalue weighted by Crippen LogP contribution is -2.10. The van der Waals surface area contributed by atoms with E-state index in [1.165, 1.54) is 0 Å². The highest BCUT2D eigenvalue weighted by molar-refractivity contribution is 6.42. The predicted molar refractivity (Wildman–Crippen MR) is 73.8 cm³/mol. The van der Waals surface area contributed by atoms with E-state index in [9.17, 15) is 0 Å². The van der Waals surface area contributed by atoms with Gasteiger partial charge in [0.05, 0.1) is 10.0 Å². The highest BCUT2D eigenvalue weighted by atomic mass is 35.5. The second-order valence-electron chi connectivity index (χ2n) is 4.57. The van der Waals surface area contributed by atoms with Crippen LogP contribution < -0.4 is 0 Å². The summed E-state index contributed by atoms with van der Waals surface area (Å²) in [4.78, 5) is 0. The molecule has 0 saturated carbocycles. The smallest absolute Gasteiger partial charge is 0.0624 e. The predicted octanol–water partition coefficient (Wildman–Crippen LogP) is 5.44. The molecule has 0 aliphatic carbocycles. The Morgan fingerprint density at radius 2 is 1.88 bits per heavy atom. The molecular formula is C13H17Cl3. The van der Waals surface area contributed by atoms with Crippen LogP contribution in [0.3, 0.4) is 0 Å². The van der Waals surface area contributed by atoms with Crippen LogP contribution in [0.25, 0.3) is 0 Å². The van der Waals surface area contributed by atoms with Crippen molar-refractivity contribution in [2.45, 2.75) is 26.7 Å². The van der Waals surface area contributed by atoms with Crippen molar-refractivity contribution >= 4 is 34.8 Å². The molecule has 0 aliphatic rings. The molecule has 0 aromatic heterocycles. The average molecular weight is 280 g/mol. The Labute approximate surface area is 113 Å². The van der Waals surface area contributed by atoms with Crippen molar-refractivity contribution in [1.29, 1.82) is 0 Å². The first-order chi connectivity index (χ1) is 7.54. The number of hydrogen-bond donors (Lipinski definition) is 0. The van der Waals surface area contributed by atoms with Crippen molar-refractivity contribution in [2.75, 3.05) is 5.88 Å². The van der Waals surface area contributed by atoms with E-state index < -0.39 is 0 Å². The van der Waals surface area contributed by atoms with Gasteiger partial charge in [-0.15, -0.1) is 11.6 Å². The van der Waals surface area contributed by atoms with Crippen LogP contribution in [-0.4, -0.2) is 5.88 Å². The van der Waals surface area contributed by atoms with E-state index in [0.717, 1.165) is 18.4 Å². The van der Waals surface area contributed by atoms with Gasteiger partial charge >= 0.3 is 0 Å². The molecule has 0 fully saturated rings. The monoisotopic (exact) mass is 278 g/mol. The van der Waals surface area contributed by atoms with Gasteiger partial charge < -0.3 is 0 Å². The molecule has 0 heterocycles. The van der Waals surface area contributed by atoms with E-state index in [-0.39, 0.29) is 0 Å². The number of rotatable bonds is 5. The van der Waals surface area contributed by atoms with E-state index in [4.69, 9.17) is 34.8 Å². The molecule has 0 spiro atoms. The average Bonchev–Trinajstić information content (AvgIpc) is 2.23. The van der Waals surface area contributed by atoms with Gasteiger partial charge in [0.2, 0.25) is 0 Å².